The first kappa shape index (κ1) is 16.5. The van der Waals surface area contributed by atoms with Gasteiger partial charge in [0.25, 0.3) is 0 Å². The molecule has 3 nitrogen and oxygen atoms in total. The molecule has 0 bridgehead atoms. The number of likely N-dealkylation sites (N-methyl/N-ethyl adjacent to an activating group) is 1. The molecule has 1 unspecified atom stereocenters. The van der Waals surface area contributed by atoms with Crippen LogP contribution in [0.2, 0.25) is 0 Å². The summed E-state index contributed by atoms with van der Waals surface area (Å²) in [4.78, 5) is 5.15. The minimum atomic E-state index is 0.572. The maximum absolute atomic E-state index is 3.23. The van der Waals surface area contributed by atoms with Gasteiger partial charge in [-0.3, -0.25) is 4.90 Å². The summed E-state index contributed by atoms with van der Waals surface area (Å²) in [7, 11) is 4.28. The molecule has 1 saturated heterocycles. The monoisotopic (exact) mass is 289 g/mol. The first-order valence-corrected chi connectivity index (χ1v) is 8.43. The molecular formula is C18H31N3. The summed E-state index contributed by atoms with van der Waals surface area (Å²) in [5.74, 6) is 0. The van der Waals surface area contributed by atoms with Gasteiger partial charge < -0.3 is 10.2 Å². The van der Waals surface area contributed by atoms with Crippen molar-refractivity contribution in [2.45, 2.75) is 31.7 Å². The standard InChI is InChI=1S/C18H31N3/c1-19-12-8-3-4-9-13-21-15-14-20(2)16-18(21)17-10-6-5-7-11-17/h5-7,10-11,18-19H,3-4,8-9,12-16H2,1-2H3. The zero-order valence-electron chi connectivity index (χ0n) is 13.7. The van der Waals surface area contributed by atoms with Crippen molar-refractivity contribution in [2.75, 3.05) is 46.8 Å². The molecule has 118 valence electrons. The molecule has 0 saturated carbocycles. The predicted molar refractivity (Wildman–Crippen MR) is 90.6 cm³/mol. The van der Waals surface area contributed by atoms with Crippen LogP contribution in [0.15, 0.2) is 30.3 Å². The van der Waals surface area contributed by atoms with Crippen molar-refractivity contribution in [3.8, 4) is 0 Å². The maximum Gasteiger partial charge on any atom is 0.0475 e. The minimum Gasteiger partial charge on any atom is -0.320 e. The Hall–Kier alpha value is -0.900. The lowest BCUT2D eigenvalue weighted by Crippen LogP contribution is -2.47. The third kappa shape index (κ3) is 5.42. The lowest BCUT2D eigenvalue weighted by Gasteiger charge is -2.40. The van der Waals surface area contributed by atoms with E-state index >= 15 is 0 Å². The molecule has 1 aromatic carbocycles. The number of hydrogen-bond acceptors (Lipinski definition) is 3. The summed E-state index contributed by atoms with van der Waals surface area (Å²) in [6.07, 6.45) is 5.35. The molecule has 1 N–H and O–H groups in total. The quantitative estimate of drug-likeness (QED) is 0.742. The van der Waals surface area contributed by atoms with Crippen LogP contribution in [0.5, 0.6) is 0 Å². The van der Waals surface area contributed by atoms with Gasteiger partial charge in [-0.2, -0.15) is 0 Å². The van der Waals surface area contributed by atoms with E-state index in [2.05, 4.69) is 52.5 Å². The number of nitrogens with zero attached hydrogens (tertiary/aromatic N) is 2. The summed E-state index contributed by atoms with van der Waals surface area (Å²) in [5.41, 5.74) is 1.47. The van der Waals surface area contributed by atoms with E-state index in [-0.39, 0.29) is 0 Å². The maximum atomic E-state index is 3.23. The summed E-state index contributed by atoms with van der Waals surface area (Å²) in [5, 5.41) is 3.23. The van der Waals surface area contributed by atoms with Gasteiger partial charge in [-0.05, 0) is 45.6 Å². The van der Waals surface area contributed by atoms with E-state index in [1.165, 1.54) is 50.9 Å². The van der Waals surface area contributed by atoms with Crippen LogP contribution >= 0.6 is 0 Å². The SMILES string of the molecule is CNCCCCCCN1CCN(C)CC1c1ccccc1. The molecular weight excluding hydrogens is 258 g/mol. The van der Waals surface area contributed by atoms with E-state index in [9.17, 15) is 0 Å². The van der Waals surface area contributed by atoms with Crippen molar-refractivity contribution in [3.63, 3.8) is 0 Å². The van der Waals surface area contributed by atoms with Crippen LogP contribution in [0.1, 0.15) is 37.3 Å². The van der Waals surface area contributed by atoms with Crippen molar-refractivity contribution >= 4 is 0 Å². The Bertz CT molecular complexity index is 379. The molecule has 1 aliphatic rings. The van der Waals surface area contributed by atoms with Gasteiger partial charge >= 0.3 is 0 Å². The van der Waals surface area contributed by atoms with E-state index in [0.29, 0.717) is 6.04 Å². The van der Waals surface area contributed by atoms with Gasteiger partial charge in [-0.15, -0.1) is 0 Å². The van der Waals surface area contributed by atoms with Crippen LogP contribution in [-0.4, -0.2) is 56.6 Å². The van der Waals surface area contributed by atoms with E-state index in [1.54, 1.807) is 0 Å². The Morgan fingerprint density at radius 3 is 2.57 bits per heavy atom. The Labute approximate surface area is 130 Å². The van der Waals surface area contributed by atoms with Crippen molar-refractivity contribution in [2.24, 2.45) is 0 Å². The highest BCUT2D eigenvalue weighted by Gasteiger charge is 2.25. The fourth-order valence-electron chi connectivity index (χ4n) is 3.19. The molecule has 0 radical (unpaired) electrons. The summed E-state index contributed by atoms with van der Waals surface area (Å²) < 4.78 is 0. The molecule has 1 fully saturated rings. The number of hydrogen-bond donors (Lipinski definition) is 1. The second kappa shape index (κ2) is 9.19. The summed E-state index contributed by atoms with van der Waals surface area (Å²) in [6, 6.07) is 11.6. The molecule has 3 heteroatoms. The number of benzene rings is 1. The highest BCUT2D eigenvalue weighted by molar-refractivity contribution is 5.20. The van der Waals surface area contributed by atoms with Crippen LogP contribution in [0.3, 0.4) is 0 Å². The minimum absolute atomic E-state index is 0.572. The van der Waals surface area contributed by atoms with Gasteiger partial charge in [0.15, 0.2) is 0 Å². The first-order chi connectivity index (χ1) is 10.3. The number of piperazine rings is 1. The first-order valence-electron chi connectivity index (χ1n) is 8.43. The normalized spacial score (nSPS) is 20.8. The van der Waals surface area contributed by atoms with E-state index in [0.717, 1.165) is 13.1 Å². The smallest absolute Gasteiger partial charge is 0.0475 e. The van der Waals surface area contributed by atoms with Crippen molar-refractivity contribution in [3.05, 3.63) is 35.9 Å². The highest BCUT2D eigenvalue weighted by Crippen LogP contribution is 2.25. The Kier molecular flexibility index (Phi) is 7.20. The van der Waals surface area contributed by atoms with E-state index in [4.69, 9.17) is 0 Å². The third-order valence-electron chi connectivity index (χ3n) is 4.50. The predicted octanol–water partition coefficient (Wildman–Crippen LogP) is 2.75. The zero-order valence-corrected chi connectivity index (χ0v) is 13.7. The van der Waals surface area contributed by atoms with Gasteiger partial charge in [-0.1, -0.05) is 43.2 Å². The average molecular weight is 289 g/mol. The van der Waals surface area contributed by atoms with Crippen LogP contribution in [0.4, 0.5) is 0 Å². The summed E-state index contributed by atoms with van der Waals surface area (Å²) >= 11 is 0. The molecule has 2 rings (SSSR count). The third-order valence-corrected chi connectivity index (χ3v) is 4.50. The second-order valence-corrected chi connectivity index (χ2v) is 6.24. The van der Waals surface area contributed by atoms with Crippen molar-refractivity contribution in [1.82, 2.24) is 15.1 Å². The Balaban J connectivity index is 1.81. The fourth-order valence-corrected chi connectivity index (χ4v) is 3.19. The molecule has 21 heavy (non-hydrogen) atoms. The number of nitrogens with one attached hydrogen (secondary N) is 1. The summed E-state index contributed by atoms with van der Waals surface area (Å²) in [6.45, 7) is 5.95. The van der Waals surface area contributed by atoms with Crippen molar-refractivity contribution in [1.29, 1.82) is 0 Å². The molecule has 1 heterocycles. The van der Waals surface area contributed by atoms with Gasteiger partial charge in [0, 0.05) is 25.7 Å². The second-order valence-electron chi connectivity index (χ2n) is 6.24. The molecule has 0 aliphatic carbocycles. The van der Waals surface area contributed by atoms with Crippen LogP contribution < -0.4 is 5.32 Å². The molecule has 0 amide bonds. The van der Waals surface area contributed by atoms with Gasteiger partial charge in [0.2, 0.25) is 0 Å². The van der Waals surface area contributed by atoms with Gasteiger partial charge in [0.1, 0.15) is 0 Å². The molecule has 0 aromatic heterocycles. The largest absolute Gasteiger partial charge is 0.320 e. The Morgan fingerprint density at radius 1 is 1.05 bits per heavy atom. The number of rotatable bonds is 8. The van der Waals surface area contributed by atoms with Gasteiger partial charge in [-0.25, -0.2) is 0 Å². The van der Waals surface area contributed by atoms with Crippen LogP contribution in [0, 0.1) is 0 Å². The van der Waals surface area contributed by atoms with Crippen LogP contribution in [0.25, 0.3) is 0 Å². The topological polar surface area (TPSA) is 18.5 Å². The van der Waals surface area contributed by atoms with Crippen LogP contribution in [-0.2, 0) is 0 Å². The van der Waals surface area contributed by atoms with Gasteiger partial charge in [0.05, 0.1) is 0 Å². The fraction of sp³-hybridized carbons (Fsp3) is 0.667. The van der Waals surface area contributed by atoms with Crippen molar-refractivity contribution < 1.29 is 0 Å². The molecule has 1 aliphatic heterocycles. The molecule has 1 atom stereocenters. The average Bonchev–Trinajstić information content (AvgIpc) is 2.53. The van der Waals surface area contributed by atoms with E-state index < -0.39 is 0 Å². The van der Waals surface area contributed by atoms with E-state index in [1.807, 2.05) is 7.05 Å². The zero-order chi connectivity index (χ0) is 14.9. The lowest BCUT2D eigenvalue weighted by atomic mass is 10.0. The Morgan fingerprint density at radius 2 is 1.81 bits per heavy atom. The highest BCUT2D eigenvalue weighted by atomic mass is 15.3. The molecule has 1 aromatic rings. The molecule has 0 spiro atoms. The number of unbranched alkanes of at least 4 members (excludes halogenated alkanes) is 3. The lowest BCUT2D eigenvalue weighted by molar-refractivity contribution is 0.0881.